The average molecular weight is 260 g/mol. The lowest BCUT2D eigenvalue weighted by molar-refractivity contribution is 0.0363. The average Bonchev–Trinajstić information content (AvgIpc) is 2.89. The van der Waals surface area contributed by atoms with Gasteiger partial charge in [-0.3, -0.25) is 9.63 Å². The van der Waals surface area contributed by atoms with Gasteiger partial charge in [-0.2, -0.15) is 5.10 Å². The van der Waals surface area contributed by atoms with Gasteiger partial charge in [0.2, 0.25) is 0 Å². The predicted octanol–water partition coefficient (Wildman–Crippen LogP) is 1.51. The van der Waals surface area contributed by atoms with E-state index in [4.69, 9.17) is 4.84 Å². The third-order valence-corrected chi connectivity index (χ3v) is 2.62. The summed E-state index contributed by atoms with van der Waals surface area (Å²) < 4.78 is 1.67. The Hall–Kier alpha value is -2.21. The third-order valence-electron chi connectivity index (χ3n) is 2.62. The molecule has 0 saturated heterocycles. The van der Waals surface area contributed by atoms with Gasteiger partial charge in [-0.1, -0.05) is 13.0 Å². The Morgan fingerprint density at radius 1 is 1.42 bits per heavy atom. The highest BCUT2D eigenvalue weighted by Gasteiger charge is 2.17. The van der Waals surface area contributed by atoms with Crippen LogP contribution in [0.25, 0.3) is 5.82 Å². The number of hydrogen-bond acceptors (Lipinski definition) is 4. The number of nitrogens with zero attached hydrogens (tertiary/aromatic N) is 3. The highest BCUT2D eigenvalue weighted by Crippen LogP contribution is 2.14. The Morgan fingerprint density at radius 3 is 2.89 bits per heavy atom. The van der Waals surface area contributed by atoms with Crippen molar-refractivity contribution in [1.29, 1.82) is 0 Å². The smallest absolute Gasteiger partial charge is 0.274 e. The van der Waals surface area contributed by atoms with Crippen molar-refractivity contribution in [1.82, 2.24) is 20.2 Å². The van der Waals surface area contributed by atoms with Gasteiger partial charge in [-0.15, -0.1) is 0 Å². The zero-order valence-corrected chi connectivity index (χ0v) is 11.0. The first-order valence-corrected chi connectivity index (χ1v) is 6.18. The van der Waals surface area contributed by atoms with E-state index in [1.165, 1.54) is 6.20 Å². The van der Waals surface area contributed by atoms with Gasteiger partial charge in [0, 0.05) is 6.20 Å². The number of pyridine rings is 1. The van der Waals surface area contributed by atoms with Gasteiger partial charge >= 0.3 is 0 Å². The lowest BCUT2D eigenvalue weighted by Gasteiger charge is -2.07. The molecule has 6 nitrogen and oxygen atoms in total. The van der Waals surface area contributed by atoms with E-state index in [0.29, 0.717) is 24.4 Å². The second kappa shape index (κ2) is 6.10. The number of hydroxylamine groups is 1. The minimum absolute atomic E-state index is 0.291. The Bertz CT molecular complexity index is 551. The molecule has 1 N–H and O–H groups in total. The maximum Gasteiger partial charge on any atom is 0.278 e. The summed E-state index contributed by atoms with van der Waals surface area (Å²) in [7, 11) is 0. The van der Waals surface area contributed by atoms with Crippen molar-refractivity contribution < 1.29 is 9.63 Å². The predicted molar refractivity (Wildman–Crippen MR) is 69.8 cm³/mol. The number of nitrogens with one attached hydrogen (secondary N) is 1. The molecule has 0 aromatic carbocycles. The summed E-state index contributed by atoms with van der Waals surface area (Å²) in [5, 5.41) is 4.22. The van der Waals surface area contributed by atoms with Crippen LogP contribution in [0.5, 0.6) is 0 Å². The molecule has 0 aliphatic carbocycles. The van der Waals surface area contributed by atoms with Crippen LogP contribution in [0.2, 0.25) is 0 Å². The van der Waals surface area contributed by atoms with Crippen LogP contribution in [0.15, 0.2) is 30.6 Å². The zero-order valence-electron chi connectivity index (χ0n) is 11.0. The fourth-order valence-electron chi connectivity index (χ4n) is 1.77. The van der Waals surface area contributed by atoms with Crippen LogP contribution in [0.3, 0.4) is 0 Å². The highest BCUT2D eigenvalue weighted by atomic mass is 16.6. The van der Waals surface area contributed by atoms with Gasteiger partial charge in [0.15, 0.2) is 5.82 Å². The van der Waals surface area contributed by atoms with Crippen molar-refractivity contribution in [3.05, 3.63) is 41.9 Å². The fraction of sp³-hybridized carbons (Fsp3) is 0.308. The van der Waals surface area contributed by atoms with E-state index >= 15 is 0 Å². The summed E-state index contributed by atoms with van der Waals surface area (Å²) in [6.07, 6.45) is 3.89. The number of amides is 1. The van der Waals surface area contributed by atoms with E-state index in [2.05, 4.69) is 15.6 Å². The standard InChI is InChI=1S/C13H16N4O2/c1-3-11-10(13(18)16-19-4-2)9-15-17(11)12-7-5-6-8-14-12/h5-9H,3-4H2,1-2H3,(H,16,18). The second-order valence-corrected chi connectivity index (χ2v) is 3.82. The minimum atomic E-state index is -0.291. The van der Waals surface area contributed by atoms with Gasteiger partial charge in [-0.05, 0) is 25.5 Å². The Labute approximate surface area is 111 Å². The minimum Gasteiger partial charge on any atom is -0.274 e. The molecule has 0 atom stereocenters. The molecule has 100 valence electrons. The van der Waals surface area contributed by atoms with Crippen molar-refractivity contribution in [2.24, 2.45) is 0 Å². The molecular weight excluding hydrogens is 244 g/mol. The van der Waals surface area contributed by atoms with E-state index in [-0.39, 0.29) is 5.91 Å². The number of hydrogen-bond donors (Lipinski definition) is 1. The molecule has 19 heavy (non-hydrogen) atoms. The molecule has 2 aromatic rings. The van der Waals surface area contributed by atoms with Crippen LogP contribution in [-0.4, -0.2) is 27.3 Å². The molecule has 0 aliphatic heterocycles. The first-order chi connectivity index (χ1) is 9.27. The van der Waals surface area contributed by atoms with Crippen LogP contribution in [-0.2, 0) is 11.3 Å². The molecule has 6 heteroatoms. The molecule has 0 bridgehead atoms. The van der Waals surface area contributed by atoms with E-state index in [9.17, 15) is 4.79 Å². The summed E-state index contributed by atoms with van der Waals surface area (Å²) in [6.45, 7) is 4.19. The molecule has 0 saturated carbocycles. The van der Waals surface area contributed by atoms with Crippen LogP contribution < -0.4 is 5.48 Å². The second-order valence-electron chi connectivity index (χ2n) is 3.82. The molecule has 2 aromatic heterocycles. The summed E-state index contributed by atoms with van der Waals surface area (Å²) in [5.41, 5.74) is 3.68. The van der Waals surface area contributed by atoms with E-state index in [0.717, 1.165) is 5.69 Å². The largest absolute Gasteiger partial charge is 0.278 e. The number of carbonyl (C=O) groups is 1. The summed E-state index contributed by atoms with van der Waals surface area (Å²) in [4.78, 5) is 21.1. The molecule has 0 fully saturated rings. The summed E-state index contributed by atoms with van der Waals surface area (Å²) in [6, 6.07) is 5.56. The quantitative estimate of drug-likeness (QED) is 0.827. The highest BCUT2D eigenvalue weighted by molar-refractivity contribution is 5.94. The van der Waals surface area contributed by atoms with Crippen LogP contribution in [0.4, 0.5) is 0 Å². The first kappa shape index (κ1) is 13.2. The van der Waals surface area contributed by atoms with E-state index in [1.54, 1.807) is 17.8 Å². The van der Waals surface area contributed by atoms with Crippen molar-refractivity contribution in [2.75, 3.05) is 6.61 Å². The molecule has 1 amide bonds. The van der Waals surface area contributed by atoms with Crippen LogP contribution >= 0.6 is 0 Å². The zero-order chi connectivity index (χ0) is 13.7. The lowest BCUT2D eigenvalue weighted by Crippen LogP contribution is -2.24. The summed E-state index contributed by atoms with van der Waals surface area (Å²) >= 11 is 0. The molecule has 2 heterocycles. The maximum absolute atomic E-state index is 11.9. The molecule has 2 rings (SSSR count). The normalized spacial score (nSPS) is 10.4. The topological polar surface area (TPSA) is 69.0 Å². The molecule has 0 aliphatic rings. The number of rotatable bonds is 5. The van der Waals surface area contributed by atoms with Crippen molar-refractivity contribution in [3.63, 3.8) is 0 Å². The van der Waals surface area contributed by atoms with Gasteiger partial charge in [0.1, 0.15) is 0 Å². The number of aromatic nitrogens is 3. The molecule has 0 unspecified atom stereocenters. The van der Waals surface area contributed by atoms with Crippen LogP contribution in [0, 0.1) is 0 Å². The number of carbonyl (C=O) groups excluding carboxylic acids is 1. The fourth-order valence-corrected chi connectivity index (χ4v) is 1.77. The molecule has 0 spiro atoms. The summed E-state index contributed by atoms with van der Waals surface area (Å²) in [5.74, 6) is 0.399. The van der Waals surface area contributed by atoms with Crippen molar-refractivity contribution >= 4 is 5.91 Å². The monoisotopic (exact) mass is 260 g/mol. The van der Waals surface area contributed by atoms with E-state index in [1.807, 2.05) is 25.1 Å². The Morgan fingerprint density at radius 2 is 2.26 bits per heavy atom. The molecule has 0 radical (unpaired) electrons. The Balaban J connectivity index is 2.33. The van der Waals surface area contributed by atoms with E-state index < -0.39 is 0 Å². The van der Waals surface area contributed by atoms with Crippen LogP contribution in [0.1, 0.15) is 29.9 Å². The van der Waals surface area contributed by atoms with Gasteiger partial charge in [0.25, 0.3) is 5.91 Å². The SMILES string of the molecule is CCONC(=O)c1cnn(-c2ccccn2)c1CC. The lowest BCUT2D eigenvalue weighted by atomic mass is 10.2. The van der Waals surface area contributed by atoms with Gasteiger partial charge < -0.3 is 0 Å². The molecular formula is C13H16N4O2. The van der Waals surface area contributed by atoms with Gasteiger partial charge in [-0.25, -0.2) is 15.1 Å². The van der Waals surface area contributed by atoms with Gasteiger partial charge in [0.05, 0.1) is 24.1 Å². The van der Waals surface area contributed by atoms with Crippen molar-refractivity contribution in [3.8, 4) is 5.82 Å². The van der Waals surface area contributed by atoms with Crippen molar-refractivity contribution in [2.45, 2.75) is 20.3 Å². The Kier molecular flexibility index (Phi) is 4.25. The first-order valence-electron chi connectivity index (χ1n) is 6.18. The maximum atomic E-state index is 11.9. The third kappa shape index (κ3) is 2.79.